The highest BCUT2D eigenvalue weighted by Crippen LogP contribution is 2.41. The maximum absolute atomic E-state index is 13.2. The number of nitrogens with one attached hydrogen (secondary N) is 1. The van der Waals surface area contributed by atoms with Crippen LogP contribution in [0.3, 0.4) is 0 Å². The molecule has 1 aromatic heterocycles. The minimum Gasteiger partial charge on any atom is -0.496 e. The first kappa shape index (κ1) is 24.6. The maximum Gasteiger partial charge on any atom is 0.338 e. The van der Waals surface area contributed by atoms with Crippen LogP contribution in [-0.4, -0.2) is 33.9 Å². The van der Waals surface area contributed by atoms with Gasteiger partial charge in [-0.3, -0.25) is 0 Å². The van der Waals surface area contributed by atoms with E-state index in [1.807, 2.05) is 63.2 Å². The van der Waals surface area contributed by atoms with Gasteiger partial charge in [-0.15, -0.1) is 5.10 Å². The molecule has 1 aliphatic rings. The van der Waals surface area contributed by atoms with Crippen molar-refractivity contribution >= 4 is 51.2 Å². The van der Waals surface area contributed by atoms with Gasteiger partial charge >= 0.3 is 5.97 Å². The van der Waals surface area contributed by atoms with Crippen LogP contribution in [0.2, 0.25) is 5.02 Å². The number of ether oxygens (including phenoxy) is 2. The van der Waals surface area contributed by atoms with Crippen molar-refractivity contribution in [3.05, 3.63) is 74.4 Å². The van der Waals surface area contributed by atoms with Crippen LogP contribution >= 0.6 is 39.3 Å². The summed E-state index contributed by atoms with van der Waals surface area (Å²) in [5, 5.41) is 9.24. The number of hydrogen-bond acceptors (Lipinski definition) is 7. The second-order valence-corrected chi connectivity index (χ2v) is 10.2. The number of anilines is 1. The molecule has 3 aromatic rings. The van der Waals surface area contributed by atoms with Gasteiger partial charge in [-0.2, -0.15) is 4.98 Å². The number of nitrogens with zero attached hydrogens (tertiary/aromatic N) is 3. The van der Waals surface area contributed by atoms with Gasteiger partial charge in [-0.1, -0.05) is 57.5 Å². The Morgan fingerprint density at radius 1 is 1.29 bits per heavy atom. The van der Waals surface area contributed by atoms with Crippen molar-refractivity contribution in [3.8, 4) is 5.75 Å². The Hall–Kier alpha value is -2.49. The number of hydrogen-bond donors (Lipinski definition) is 1. The molecule has 7 nitrogen and oxygen atoms in total. The molecule has 0 fully saturated rings. The third-order valence-electron chi connectivity index (χ3n) is 5.20. The Kier molecular flexibility index (Phi) is 7.54. The highest BCUT2D eigenvalue weighted by molar-refractivity contribution is 9.10. The van der Waals surface area contributed by atoms with Gasteiger partial charge in [0.05, 0.1) is 18.8 Å². The largest absolute Gasteiger partial charge is 0.496 e. The molecule has 2 aromatic carbocycles. The van der Waals surface area contributed by atoms with E-state index >= 15 is 0 Å². The SMILES string of the molecule is COc1ccc(Br)cc1C1C(C(=O)OC(C)C)=C(C)Nc2nc(SCc3ccccc3Cl)nn21. The highest BCUT2D eigenvalue weighted by atomic mass is 79.9. The van der Waals surface area contributed by atoms with Gasteiger partial charge < -0.3 is 14.8 Å². The Balaban J connectivity index is 1.77. The highest BCUT2D eigenvalue weighted by Gasteiger charge is 2.37. The van der Waals surface area contributed by atoms with E-state index in [1.54, 1.807) is 11.8 Å². The normalized spacial score (nSPS) is 15.2. The second-order valence-electron chi connectivity index (χ2n) is 7.95. The number of aromatic nitrogens is 3. The smallest absolute Gasteiger partial charge is 0.338 e. The average Bonchev–Trinajstić information content (AvgIpc) is 3.19. The third kappa shape index (κ3) is 5.11. The summed E-state index contributed by atoms with van der Waals surface area (Å²) in [7, 11) is 1.60. The molecule has 1 atom stereocenters. The van der Waals surface area contributed by atoms with Crippen LogP contribution in [-0.2, 0) is 15.3 Å². The molecule has 0 spiro atoms. The molecule has 10 heteroatoms. The summed E-state index contributed by atoms with van der Waals surface area (Å²) >= 11 is 11.3. The molecule has 4 rings (SSSR count). The van der Waals surface area contributed by atoms with Crippen molar-refractivity contribution in [2.45, 2.75) is 43.8 Å². The van der Waals surface area contributed by atoms with Crippen LogP contribution < -0.4 is 10.1 Å². The molecule has 0 radical (unpaired) electrons. The molecule has 1 aliphatic heterocycles. The summed E-state index contributed by atoms with van der Waals surface area (Å²) in [6, 6.07) is 12.8. The minimum atomic E-state index is -0.586. The van der Waals surface area contributed by atoms with E-state index in [-0.39, 0.29) is 6.10 Å². The van der Waals surface area contributed by atoms with E-state index in [0.29, 0.717) is 38.9 Å². The Bertz CT molecular complexity index is 1260. The fraction of sp³-hybridized carbons (Fsp3) is 0.292. The van der Waals surface area contributed by atoms with Crippen LogP contribution in [0.15, 0.2) is 63.4 Å². The lowest BCUT2D eigenvalue weighted by Crippen LogP contribution is -2.30. The predicted molar refractivity (Wildman–Crippen MR) is 137 cm³/mol. The first-order chi connectivity index (χ1) is 16.3. The maximum atomic E-state index is 13.2. The number of benzene rings is 2. The number of carbonyl (C=O) groups is 1. The quantitative estimate of drug-likeness (QED) is 0.269. The van der Waals surface area contributed by atoms with Gasteiger partial charge in [0.15, 0.2) is 0 Å². The molecule has 2 heterocycles. The molecule has 0 saturated heterocycles. The van der Waals surface area contributed by atoms with E-state index in [0.717, 1.165) is 15.6 Å². The number of rotatable bonds is 7. The van der Waals surface area contributed by atoms with Gasteiger partial charge in [0.25, 0.3) is 0 Å². The van der Waals surface area contributed by atoms with Crippen LogP contribution in [0.1, 0.15) is 37.9 Å². The molecule has 0 amide bonds. The fourth-order valence-electron chi connectivity index (χ4n) is 3.70. The van der Waals surface area contributed by atoms with E-state index in [4.69, 9.17) is 26.2 Å². The zero-order valence-electron chi connectivity index (χ0n) is 19.1. The second kappa shape index (κ2) is 10.4. The third-order valence-corrected chi connectivity index (χ3v) is 6.95. The molecule has 0 bridgehead atoms. The van der Waals surface area contributed by atoms with Crippen molar-refractivity contribution in [2.75, 3.05) is 12.4 Å². The standard InChI is InChI=1S/C24H24BrClN4O3S/c1-13(2)33-22(31)20-14(3)27-23-28-24(34-12-15-7-5-6-8-18(15)26)29-30(23)21(20)17-11-16(25)9-10-19(17)32-4/h5-11,13,21H,12H2,1-4H3,(H,27,28,29). The summed E-state index contributed by atoms with van der Waals surface area (Å²) in [6.45, 7) is 5.48. The van der Waals surface area contributed by atoms with Crippen molar-refractivity contribution < 1.29 is 14.3 Å². The molecule has 1 N–H and O–H groups in total. The van der Waals surface area contributed by atoms with E-state index in [2.05, 4.69) is 26.2 Å². The van der Waals surface area contributed by atoms with Crippen molar-refractivity contribution in [3.63, 3.8) is 0 Å². The van der Waals surface area contributed by atoms with Crippen LogP contribution in [0.25, 0.3) is 0 Å². The summed E-state index contributed by atoms with van der Waals surface area (Å²) in [5.74, 6) is 1.36. The van der Waals surface area contributed by atoms with Crippen LogP contribution in [0.4, 0.5) is 5.95 Å². The monoisotopic (exact) mass is 562 g/mol. The zero-order chi connectivity index (χ0) is 24.4. The molecule has 0 aliphatic carbocycles. The van der Waals surface area contributed by atoms with Crippen molar-refractivity contribution in [1.29, 1.82) is 0 Å². The predicted octanol–water partition coefficient (Wildman–Crippen LogP) is 6.24. The lowest BCUT2D eigenvalue weighted by molar-refractivity contribution is -0.143. The summed E-state index contributed by atoms with van der Waals surface area (Å²) < 4.78 is 13.8. The summed E-state index contributed by atoms with van der Waals surface area (Å²) in [4.78, 5) is 17.9. The summed E-state index contributed by atoms with van der Waals surface area (Å²) in [5.41, 5.74) is 2.86. The molecule has 1 unspecified atom stereocenters. The zero-order valence-corrected chi connectivity index (χ0v) is 22.3. The van der Waals surface area contributed by atoms with E-state index < -0.39 is 12.0 Å². The first-order valence-electron chi connectivity index (χ1n) is 10.6. The molecule has 34 heavy (non-hydrogen) atoms. The van der Waals surface area contributed by atoms with E-state index in [1.165, 1.54) is 11.8 Å². The average molecular weight is 564 g/mol. The van der Waals surface area contributed by atoms with Gasteiger partial charge in [-0.05, 0) is 50.6 Å². The van der Waals surface area contributed by atoms with Crippen molar-refractivity contribution in [2.24, 2.45) is 0 Å². The first-order valence-corrected chi connectivity index (χ1v) is 12.8. The Morgan fingerprint density at radius 3 is 2.76 bits per heavy atom. The number of methoxy groups -OCH3 is 1. The lowest BCUT2D eigenvalue weighted by Gasteiger charge is -2.29. The minimum absolute atomic E-state index is 0.267. The number of allylic oxidation sites excluding steroid dienone is 1. The van der Waals surface area contributed by atoms with Gasteiger partial charge in [-0.25, -0.2) is 9.48 Å². The van der Waals surface area contributed by atoms with Gasteiger partial charge in [0.2, 0.25) is 11.1 Å². The molecular formula is C24H24BrClN4O3S. The lowest BCUT2D eigenvalue weighted by atomic mass is 9.95. The number of fused-ring (bicyclic) bond motifs is 1. The number of halogens is 2. The molecule has 178 valence electrons. The van der Waals surface area contributed by atoms with Gasteiger partial charge in [0.1, 0.15) is 11.8 Å². The molecule has 0 saturated carbocycles. The van der Waals surface area contributed by atoms with E-state index in [9.17, 15) is 4.79 Å². The summed E-state index contributed by atoms with van der Waals surface area (Å²) in [6.07, 6.45) is -0.267. The number of carbonyl (C=O) groups excluding carboxylic acids is 1. The number of esters is 1. The van der Waals surface area contributed by atoms with Crippen LogP contribution in [0.5, 0.6) is 5.75 Å². The Morgan fingerprint density at radius 2 is 2.06 bits per heavy atom. The van der Waals surface area contributed by atoms with Crippen molar-refractivity contribution in [1.82, 2.24) is 14.8 Å². The fourth-order valence-corrected chi connectivity index (χ4v) is 5.19. The van der Waals surface area contributed by atoms with Crippen LogP contribution in [0, 0.1) is 0 Å². The molecular weight excluding hydrogens is 540 g/mol. The topological polar surface area (TPSA) is 78.3 Å². The Labute approximate surface area is 216 Å². The van der Waals surface area contributed by atoms with Gasteiger partial charge in [0, 0.05) is 26.5 Å². The number of thioether (sulfide) groups is 1.